The number of carbonyl (C=O) groups is 1. The molecule has 2 N–H and O–H groups in total. The van der Waals surface area contributed by atoms with E-state index < -0.39 is 5.24 Å². The van der Waals surface area contributed by atoms with Gasteiger partial charge in [-0.25, -0.2) is 0 Å². The Balaban J connectivity index is 3.12. The molecule has 0 aromatic heterocycles. The zero-order valence-electron chi connectivity index (χ0n) is 6.18. The summed E-state index contributed by atoms with van der Waals surface area (Å²) in [7, 11) is 0. The van der Waals surface area contributed by atoms with Crippen molar-refractivity contribution >= 4 is 28.4 Å². The zero-order valence-corrected chi connectivity index (χ0v) is 7.69. The molecule has 0 fully saturated rings. The molecule has 0 aliphatic rings. The molecule has 0 amide bonds. The second-order valence-corrected chi connectivity index (χ2v) is 3.04. The summed E-state index contributed by atoms with van der Waals surface area (Å²) < 4.78 is 0. The van der Waals surface area contributed by atoms with Crippen molar-refractivity contribution < 1.29 is 4.79 Å². The molecule has 1 aromatic rings. The molecule has 0 aliphatic carbocycles. The van der Waals surface area contributed by atoms with Crippen molar-refractivity contribution in [3.8, 4) is 0 Å². The number of halogens is 2. The minimum absolute atomic E-state index is 0.315. The van der Waals surface area contributed by atoms with E-state index >= 15 is 0 Å². The molecule has 1 aromatic carbocycles. The summed E-state index contributed by atoms with van der Waals surface area (Å²) >= 11 is 11.0. The topological polar surface area (TPSA) is 43.1 Å². The summed E-state index contributed by atoms with van der Waals surface area (Å²) in [4.78, 5) is 10.7. The third-order valence-corrected chi connectivity index (χ3v) is 2.00. The van der Waals surface area contributed by atoms with Crippen LogP contribution in [0.4, 0.5) is 0 Å². The number of nitrogens with two attached hydrogens (primary N) is 1. The Hall–Kier alpha value is -0.570. The van der Waals surface area contributed by atoms with Crippen molar-refractivity contribution in [2.45, 2.75) is 6.54 Å². The van der Waals surface area contributed by atoms with Gasteiger partial charge in [-0.2, -0.15) is 0 Å². The summed E-state index contributed by atoms with van der Waals surface area (Å²) in [6, 6.07) is 4.93. The average molecular weight is 204 g/mol. The van der Waals surface area contributed by atoms with Crippen molar-refractivity contribution in [1.29, 1.82) is 0 Å². The van der Waals surface area contributed by atoms with Gasteiger partial charge in [0.25, 0.3) is 5.24 Å². The molecule has 0 unspecified atom stereocenters. The lowest BCUT2D eigenvalue weighted by Gasteiger charge is -2.00. The van der Waals surface area contributed by atoms with E-state index in [1.807, 2.05) is 0 Å². The van der Waals surface area contributed by atoms with Crippen molar-refractivity contribution in [2.75, 3.05) is 0 Å². The van der Waals surface area contributed by atoms with Crippen LogP contribution in [0.2, 0.25) is 5.02 Å². The fourth-order valence-electron chi connectivity index (χ4n) is 0.845. The van der Waals surface area contributed by atoms with E-state index in [0.717, 1.165) is 5.56 Å². The Kier molecular flexibility index (Phi) is 3.09. The summed E-state index contributed by atoms with van der Waals surface area (Å²) in [5, 5.41) is -0.207. The number of hydrogen-bond donors (Lipinski definition) is 1. The highest BCUT2D eigenvalue weighted by Crippen LogP contribution is 2.19. The van der Waals surface area contributed by atoms with Gasteiger partial charge in [-0.1, -0.05) is 17.7 Å². The van der Waals surface area contributed by atoms with E-state index in [1.165, 1.54) is 0 Å². The van der Waals surface area contributed by atoms with Gasteiger partial charge in [-0.3, -0.25) is 4.79 Å². The first kappa shape index (κ1) is 9.52. The van der Waals surface area contributed by atoms with Gasteiger partial charge in [0.2, 0.25) is 0 Å². The predicted molar refractivity (Wildman–Crippen MR) is 49.5 cm³/mol. The highest BCUT2D eigenvalue weighted by Gasteiger charge is 2.06. The summed E-state index contributed by atoms with van der Waals surface area (Å²) in [6.07, 6.45) is 0. The third kappa shape index (κ3) is 1.97. The van der Waals surface area contributed by atoms with Gasteiger partial charge in [0.1, 0.15) is 0 Å². The van der Waals surface area contributed by atoms with Gasteiger partial charge in [-0.05, 0) is 29.3 Å². The van der Waals surface area contributed by atoms with Gasteiger partial charge in [0, 0.05) is 6.54 Å². The van der Waals surface area contributed by atoms with Crippen LogP contribution in [-0.2, 0) is 6.54 Å². The quantitative estimate of drug-likeness (QED) is 0.750. The number of benzene rings is 1. The van der Waals surface area contributed by atoms with Crippen LogP contribution in [0.15, 0.2) is 18.2 Å². The Labute approximate surface area is 80.3 Å². The summed E-state index contributed by atoms with van der Waals surface area (Å²) in [6.45, 7) is 0.399. The Bertz CT molecular complexity index is 312. The monoisotopic (exact) mass is 203 g/mol. The molecule has 0 bridgehead atoms. The first-order chi connectivity index (χ1) is 5.65. The molecule has 2 nitrogen and oxygen atoms in total. The van der Waals surface area contributed by atoms with E-state index in [1.54, 1.807) is 18.2 Å². The number of carbonyl (C=O) groups excluding carboxylic acids is 1. The molecule has 12 heavy (non-hydrogen) atoms. The third-order valence-electron chi connectivity index (χ3n) is 1.48. The van der Waals surface area contributed by atoms with Gasteiger partial charge in [0.15, 0.2) is 0 Å². The van der Waals surface area contributed by atoms with Crippen molar-refractivity contribution in [2.24, 2.45) is 5.73 Å². The molecule has 0 aliphatic heterocycles. The Morgan fingerprint density at radius 1 is 1.50 bits per heavy atom. The van der Waals surface area contributed by atoms with Crippen molar-refractivity contribution in [3.05, 3.63) is 34.3 Å². The van der Waals surface area contributed by atoms with Crippen LogP contribution in [0.5, 0.6) is 0 Å². The maximum absolute atomic E-state index is 10.7. The molecular formula is C8H7Cl2NO. The molecule has 0 radical (unpaired) electrons. The molecular weight excluding hydrogens is 197 g/mol. The van der Waals surface area contributed by atoms with E-state index in [-0.39, 0.29) is 0 Å². The maximum atomic E-state index is 10.7. The van der Waals surface area contributed by atoms with E-state index in [0.29, 0.717) is 17.1 Å². The molecule has 1 rings (SSSR count). The first-order valence-corrected chi connectivity index (χ1v) is 4.09. The highest BCUT2D eigenvalue weighted by molar-refractivity contribution is 6.68. The number of rotatable bonds is 2. The molecule has 64 valence electrons. The molecule has 0 heterocycles. The molecule has 0 saturated heterocycles. The van der Waals surface area contributed by atoms with E-state index in [9.17, 15) is 4.79 Å². The Morgan fingerprint density at radius 2 is 2.17 bits per heavy atom. The van der Waals surface area contributed by atoms with Crippen LogP contribution in [0.3, 0.4) is 0 Å². The van der Waals surface area contributed by atoms with Crippen LogP contribution in [0.25, 0.3) is 0 Å². The fraction of sp³-hybridized carbons (Fsp3) is 0.125. The molecule has 4 heteroatoms. The smallest absolute Gasteiger partial charge is 0.253 e. The number of hydrogen-bond acceptors (Lipinski definition) is 2. The second-order valence-electron chi connectivity index (χ2n) is 2.29. The van der Waals surface area contributed by atoms with Crippen LogP contribution < -0.4 is 5.73 Å². The van der Waals surface area contributed by atoms with Crippen molar-refractivity contribution in [1.82, 2.24) is 0 Å². The minimum atomic E-state index is -0.552. The van der Waals surface area contributed by atoms with Crippen LogP contribution in [-0.4, -0.2) is 5.24 Å². The van der Waals surface area contributed by atoms with Gasteiger partial charge < -0.3 is 5.73 Å². The summed E-state index contributed by atoms with van der Waals surface area (Å²) in [5.41, 5.74) is 6.56. The molecule has 0 atom stereocenters. The van der Waals surface area contributed by atoms with Crippen LogP contribution in [0.1, 0.15) is 15.9 Å². The average Bonchev–Trinajstić information content (AvgIpc) is 2.03. The summed E-state index contributed by atoms with van der Waals surface area (Å²) in [5.74, 6) is 0. The fourth-order valence-corrected chi connectivity index (χ4v) is 1.35. The molecule has 0 saturated carbocycles. The second kappa shape index (κ2) is 3.90. The first-order valence-electron chi connectivity index (χ1n) is 3.33. The predicted octanol–water partition coefficient (Wildman–Crippen LogP) is 2.18. The lowest BCUT2D eigenvalue weighted by atomic mass is 10.1. The lowest BCUT2D eigenvalue weighted by molar-refractivity contribution is 0.108. The van der Waals surface area contributed by atoms with E-state index in [4.69, 9.17) is 28.9 Å². The highest BCUT2D eigenvalue weighted by atomic mass is 35.5. The lowest BCUT2D eigenvalue weighted by Crippen LogP contribution is -1.98. The minimum Gasteiger partial charge on any atom is -0.326 e. The normalized spacial score (nSPS) is 9.92. The zero-order chi connectivity index (χ0) is 9.14. The SMILES string of the molecule is NCc1ccc(C(=O)Cl)c(Cl)c1. The van der Waals surface area contributed by atoms with Gasteiger partial charge >= 0.3 is 0 Å². The molecule has 0 spiro atoms. The van der Waals surface area contributed by atoms with Gasteiger partial charge in [0.05, 0.1) is 10.6 Å². The Morgan fingerprint density at radius 3 is 2.58 bits per heavy atom. The van der Waals surface area contributed by atoms with Crippen LogP contribution in [0, 0.1) is 0 Å². The van der Waals surface area contributed by atoms with Gasteiger partial charge in [-0.15, -0.1) is 0 Å². The maximum Gasteiger partial charge on any atom is 0.253 e. The largest absolute Gasteiger partial charge is 0.326 e. The van der Waals surface area contributed by atoms with Crippen molar-refractivity contribution in [3.63, 3.8) is 0 Å². The van der Waals surface area contributed by atoms with E-state index in [2.05, 4.69) is 0 Å². The van der Waals surface area contributed by atoms with Crippen LogP contribution >= 0.6 is 23.2 Å². The standard InChI is InChI=1S/C8H7Cl2NO/c9-7-3-5(4-11)1-2-6(7)8(10)12/h1-3H,4,11H2.